The fourth-order valence-electron chi connectivity index (χ4n) is 2.07. The molecule has 74 valence electrons. The van der Waals surface area contributed by atoms with Gasteiger partial charge in [0.15, 0.2) is 0 Å². The van der Waals surface area contributed by atoms with Crippen molar-refractivity contribution in [2.24, 2.45) is 0 Å². The Labute approximate surface area is 80.0 Å². The van der Waals surface area contributed by atoms with Crippen molar-refractivity contribution in [3.05, 3.63) is 0 Å². The van der Waals surface area contributed by atoms with E-state index in [-0.39, 0.29) is 12.6 Å². The SMILES string of the molecule is CC(C#N)N1CCCCC1CCO. The van der Waals surface area contributed by atoms with Gasteiger partial charge in [-0.3, -0.25) is 4.90 Å². The summed E-state index contributed by atoms with van der Waals surface area (Å²) in [5, 5.41) is 17.7. The number of rotatable bonds is 3. The summed E-state index contributed by atoms with van der Waals surface area (Å²) >= 11 is 0. The third-order valence-corrected chi connectivity index (χ3v) is 2.82. The van der Waals surface area contributed by atoms with Crippen molar-refractivity contribution in [2.45, 2.75) is 44.7 Å². The van der Waals surface area contributed by atoms with Gasteiger partial charge in [0.05, 0.1) is 12.1 Å². The van der Waals surface area contributed by atoms with Crippen molar-refractivity contribution < 1.29 is 5.11 Å². The lowest BCUT2D eigenvalue weighted by atomic mass is 9.98. The van der Waals surface area contributed by atoms with Gasteiger partial charge in [-0.25, -0.2) is 0 Å². The Balaban J connectivity index is 2.51. The highest BCUT2D eigenvalue weighted by molar-refractivity contribution is 4.92. The smallest absolute Gasteiger partial charge is 0.0951 e. The van der Waals surface area contributed by atoms with Crippen LogP contribution in [0.3, 0.4) is 0 Å². The molecule has 1 saturated heterocycles. The number of aliphatic hydroxyl groups excluding tert-OH is 1. The summed E-state index contributed by atoms with van der Waals surface area (Å²) < 4.78 is 0. The second-order valence-electron chi connectivity index (χ2n) is 3.70. The largest absolute Gasteiger partial charge is 0.396 e. The lowest BCUT2D eigenvalue weighted by Gasteiger charge is -2.37. The standard InChI is InChI=1S/C10H18N2O/c1-9(8-11)12-6-3-2-4-10(12)5-7-13/h9-10,13H,2-7H2,1H3. The maximum Gasteiger partial charge on any atom is 0.0951 e. The van der Waals surface area contributed by atoms with Crippen molar-refractivity contribution in [1.29, 1.82) is 5.26 Å². The van der Waals surface area contributed by atoms with Crippen molar-refractivity contribution in [2.75, 3.05) is 13.2 Å². The first-order valence-corrected chi connectivity index (χ1v) is 5.05. The fraction of sp³-hybridized carbons (Fsp3) is 0.900. The molecule has 1 N–H and O–H groups in total. The highest BCUT2D eigenvalue weighted by Gasteiger charge is 2.25. The highest BCUT2D eigenvalue weighted by Crippen LogP contribution is 2.21. The molecule has 2 unspecified atom stereocenters. The molecule has 0 aromatic heterocycles. The first kappa shape index (κ1) is 10.5. The molecular formula is C10H18N2O. The minimum atomic E-state index is -0.00292. The number of aliphatic hydroxyl groups is 1. The van der Waals surface area contributed by atoms with E-state index in [2.05, 4.69) is 11.0 Å². The predicted octanol–water partition coefficient (Wildman–Crippen LogP) is 1.14. The number of nitriles is 1. The predicted molar refractivity (Wildman–Crippen MR) is 51.1 cm³/mol. The summed E-state index contributed by atoms with van der Waals surface area (Å²) in [6.07, 6.45) is 4.37. The van der Waals surface area contributed by atoms with E-state index in [4.69, 9.17) is 10.4 Å². The van der Waals surface area contributed by atoms with Crippen LogP contribution >= 0.6 is 0 Å². The zero-order chi connectivity index (χ0) is 9.68. The van der Waals surface area contributed by atoms with Crippen LogP contribution in [0.2, 0.25) is 0 Å². The molecule has 0 bridgehead atoms. The van der Waals surface area contributed by atoms with Crippen molar-refractivity contribution in [3.8, 4) is 6.07 Å². The number of nitrogens with zero attached hydrogens (tertiary/aromatic N) is 2. The topological polar surface area (TPSA) is 47.3 Å². The van der Waals surface area contributed by atoms with E-state index < -0.39 is 0 Å². The first-order chi connectivity index (χ1) is 6.29. The maximum absolute atomic E-state index is 8.88. The Morgan fingerprint density at radius 3 is 3.00 bits per heavy atom. The molecule has 13 heavy (non-hydrogen) atoms. The Hall–Kier alpha value is -0.590. The molecule has 1 fully saturated rings. The number of piperidine rings is 1. The summed E-state index contributed by atoms with van der Waals surface area (Å²) in [7, 11) is 0. The minimum Gasteiger partial charge on any atom is -0.396 e. The summed E-state index contributed by atoms with van der Waals surface area (Å²) in [6.45, 7) is 3.19. The van der Waals surface area contributed by atoms with Gasteiger partial charge in [-0.05, 0) is 32.7 Å². The van der Waals surface area contributed by atoms with Crippen LogP contribution in [0.5, 0.6) is 0 Å². The highest BCUT2D eigenvalue weighted by atomic mass is 16.3. The monoisotopic (exact) mass is 182 g/mol. The quantitative estimate of drug-likeness (QED) is 0.712. The van der Waals surface area contributed by atoms with Gasteiger partial charge >= 0.3 is 0 Å². The van der Waals surface area contributed by atoms with Gasteiger partial charge in [0.1, 0.15) is 0 Å². The molecule has 0 spiro atoms. The molecule has 0 aromatic rings. The minimum absolute atomic E-state index is 0.00292. The summed E-state index contributed by atoms with van der Waals surface area (Å²) in [5.74, 6) is 0. The molecule has 1 rings (SSSR count). The summed E-state index contributed by atoms with van der Waals surface area (Å²) in [6, 6.07) is 2.69. The average Bonchev–Trinajstić information content (AvgIpc) is 2.18. The zero-order valence-corrected chi connectivity index (χ0v) is 8.24. The van der Waals surface area contributed by atoms with E-state index in [1.165, 1.54) is 12.8 Å². The van der Waals surface area contributed by atoms with Gasteiger partial charge in [-0.2, -0.15) is 5.26 Å². The zero-order valence-electron chi connectivity index (χ0n) is 8.24. The Kier molecular flexibility index (Phi) is 4.20. The van der Waals surface area contributed by atoms with E-state index in [1.54, 1.807) is 0 Å². The molecule has 0 radical (unpaired) electrons. The molecule has 1 aliphatic heterocycles. The second kappa shape index (κ2) is 5.21. The van der Waals surface area contributed by atoms with Crippen LogP contribution in [0.4, 0.5) is 0 Å². The molecular weight excluding hydrogens is 164 g/mol. The third-order valence-electron chi connectivity index (χ3n) is 2.82. The van der Waals surface area contributed by atoms with Crippen LogP contribution in [0.25, 0.3) is 0 Å². The molecule has 3 nitrogen and oxygen atoms in total. The summed E-state index contributed by atoms with van der Waals surface area (Å²) in [5.41, 5.74) is 0. The Morgan fingerprint density at radius 2 is 2.38 bits per heavy atom. The normalized spacial score (nSPS) is 26.7. The van der Waals surface area contributed by atoms with Crippen LogP contribution in [0.1, 0.15) is 32.6 Å². The van der Waals surface area contributed by atoms with Crippen LogP contribution in [-0.4, -0.2) is 35.2 Å². The van der Waals surface area contributed by atoms with Crippen molar-refractivity contribution in [3.63, 3.8) is 0 Å². The van der Waals surface area contributed by atoms with E-state index in [9.17, 15) is 0 Å². The van der Waals surface area contributed by atoms with Gasteiger partial charge in [0.25, 0.3) is 0 Å². The number of likely N-dealkylation sites (tertiary alicyclic amines) is 1. The Morgan fingerprint density at radius 1 is 1.62 bits per heavy atom. The Bertz CT molecular complexity index is 186. The van der Waals surface area contributed by atoms with Gasteiger partial charge < -0.3 is 5.11 Å². The maximum atomic E-state index is 8.88. The van der Waals surface area contributed by atoms with Crippen molar-refractivity contribution >= 4 is 0 Å². The van der Waals surface area contributed by atoms with E-state index in [0.717, 1.165) is 19.4 Å². The molecule has 0 saturated carbocycles. The van der Waals surface area contributed by atoms with Gasteiger partial charge in [-0.15, -0.1) is 0 Å². The molecule has 1 heterocycles. The molecule has 1 aliphatic rings. The van der Waals surface area contributed by atoms with Crippen molar-refractivity contribution in [1.82, 2.24) is 4.90 Å². The van der Waals surface area contributed by atoms with Crippen LogP contribution in [-0.2, 0) is 0 Å². The number of hydrogen-bond acceptors (Lipinski definition) is 3. The lowest BCUT2D eigenvalue weighted by molar-refractivity contribution is 0.103. The van der Waals surface area contributed by atoms with Gasteiger partial charge in [0.2, 0.25) is 0 Å². The van der Waals surface area contributed by atoms with Gasteiger partial charge in [-0.1, -0.05) is 6.42 Å². The number of hydrogen-bond donors (Lipinski definition) is 1. The van der Waals surface area contributed by atoms with E-state index in [0.29, 0.717) is 6.04 Å². The second-order valence-corrected chi connectivity index (χ2v) is 3.70. The van der Waals surface area contributed by atoms with E-state index in [1.807, 2.05) is 6.92 Å². The summed E-state index contributed by atoms with van der Waals surface area (Å²) in [4.78, 5) is 2.22. The van der Waals surface area contributed by atoms with Crippen LogP contribution in [0.15, 0.2) is 0 Å². The average molecular weight is 182 g/mol. The third kappa shape index (κ3) is 2.68. The fourth-order valence-corrected chi connectivity index (χ4v) is 2.07. The molecule has 0 amide bonds. The van der Waals surface area contributed by atoms with Crippen LogP contribution in [0, 0.1) is 11.3 Å². The molecule has 0 aromatic carbocycles. The molecule has 0 aliphatic carbocycles. The first-order valence-electron chi connectivity index (χ1n) is 5.05. The van der Waals surface area contributed by atoms with E-state index >= 15 is 0 Å². The lowest BCUT2D eigenvalue weighted by Crippen LogP contribution is -2.44. The van der Waals surface area contributed by atoms with Crippen LogP contribution < -0.4 is 0 Å². The molecule has 3 heteroatoms. The van der Waals surface area contributed by atoms with Gasteiger partial charge in [0, 0.05) is 12.6 Å². The molecule has 2 atom stereocenters.